The van der Waals surface area contributed by atoms with Gasteiger partial charge in [0.15, 0.2) is 5.78 Å². The van der Waals surface area contributed by atoms with Gasteiger partial charge in [0.05, 0.1) is 4.90 Å². The first kappa shape index (κ1) is 23.4. The first-order valence-corrected chi connectivity index (χ1v) is 11.8. The first-order chi connectivity index (χ1) is 14.6. The van der Waals surface area contributed by atoms with E-state index in [0.717, 1.165) is 0 Å². The molecule has 2 aromatic carbocycles. The third-order valence-electron chi connectivity index (χ3n) is 5.44. The number of Topliss-reactive ketones (excluding diaryl/α,β-unsaturated/α-hetero) is 1. The molecule has 0 aromatic heterocycles. The Kier molecular flexibility index (Phi) is 7.13. The number of sulfonamides is 1. The second-order valence-corrected chi connectivity index (χ2v) is 9.90. The Morgan fingerprint density at radius 3 is 2.45 bits per heavy atom. The third-order valence-corrected chi connectivity index (χ3v) is 7.72. The largest absolute Gasteiger partial charge is 0.340 e. The maximum atomic E-state index is 14.1. The van der Waals surface area contributed by atoms with Gasteiger partial charge in [0.1, 0.15) is 11.9 Å². The van der Waals surface area contributed by atoms with Crippen molar-refractivity contribution in [3.8, 4) is 0 Å². The Morgan fingerprint density at radius 2 is 1.84 bits per heavy atom. The number of likely N-dealkylation sites (N-methyl/N-ethyl adjacent to an activating group) is 1. The lowest BCUT2D eigenvalue weighted by Crippen LogP contribution is -2.52. The zero-order valence-electron chi connectivity index (χ0n) is 17.3. The van der Waals surface area contributed by atoms with E-state index in [1.807, 2.05) is 0 Å². The standard InChI is InChI=1S/C22H24ClFN2O4S/c1-15(27)16-9-11-17(12-10-16)31(29,30)26-13-4-3-8-21(26)22(28)25(2)14-18-19(23)6-5-7-20(18)24/h5-7,9-12,21H,3-4,8,13-14H2,1-2H3. The van der Waals surface area contributed by atoms with Crippen LogP contribution in [0.15, 0.2) is 47.4 Å². The minimum absolute atomic E-state index is 0.0250. The summed E-state index contributed by atoms with van der Waals surface area (Å²) in [7, 11) is -2.44. The highest BCUT2D eigenvalue weighted by molar-refractivity contribution is 7.89. The molecule has 2 aromatic rings. The zero-order chi connectivity index (χ0) is 22.8. The molecule has 1 heterocycles. The Hall–Kier alpha value is -2.29. The average Bonchev–Trinajstić information content (AvgIpc) is 2.75. The van der Waals surface area contributed by atoms with Crippen molar-refractivity contribution in [2.75, 3.05) is 13.6 Å². The minimum atomic E-state index is -3.95. The smallest absolute Gasteiger partial charge is 0.243 e. The molecule has 1 saturated heterocycles. The molecule has 9 heteroatoms. The number of ketones is 1. The molecule has 0 saturated carbocycles. The molecule has 0 N–H and O–H groups in total. The fraction of sp³-hybridized carbons (Fsp3) is 0.364. The van der Waals surface area contributed by atoms with Crippen LogP contribution in [0.3, 0.4) is 0 Å². The zero-order valence-corrected chi connectivity index (χ0v) is 18.9. The van der Waals surface area contributed by atoms with Crippen LogP contribution in [0.5, 0.6) is 0 Å². The molecule has 31 heavy (non-hydrogen) atoms. The van der Waals surface area contributed by atoms with Crippen molar-refractivity contribution in [1.29, 1.82) is 0 Å². The van der Waals surface area contributed by atoms with Crippen LogP contribution in [0.1, 0.15) is 42.1 Å². The summed E-state index contributed by atoms with van der Waals surface area (Å²) in [4.78, 5) is 26.0. The molecule has 166 valence electrons. The van der Waals surface area contributed by atoms with Crippen molar-refractivity contribution in [2.45, 2.75) is 43.7 Å². The highest BCUT2D eigenvalue weighted by atomic mass is 35.5. The normalized spacial score (nSPS) is 17.4. The van der Waals surface area contributed by atoms with Gasteiger partial charge in [-0.25, -0.2) is 12.8 Å². The van der Waals surface area contributed by atoms with Crippen molar-refractivity contribution in [2.24, 2.45) is 0 Å². The Labute approximate surface area is 186 Å². The summed E-state index contributed by atoms with van der Waals surface area (Å²) in [5, 5.41) is 0.207. The second kappa shape index (κ2) is 9.46. The lowest BCUT2D eigenvalue weighted by atomic mass is 10.0. The monoisotopic (exact) mass is 466 g/mol. The van der Waals surface area contributed by atoms with Crippen molar-refractivity contribution in [3.63, 3.8) is 0 Å². The molecule has 1 aliphatic heterocycles. The first-order valence-electron chi connectivity index (χ1n) is 9.93. The molecule has 1 aliphatic rings. The average molecular weight is 467 g/mol. The number of piperidine rings is 1. The van der Waals surface area contributed by atoms with Crippen LogP contribution < -0.4 is 0 Å². The third kappa shape index (κ3) is 4.97. The van der Waals surface area contributed by atoms with Gasteiger partial charge in [0.25, 0.3) is 0 Å². The number of hydrogen-bond donors (Lipinski definition) is 0. The summed E-state index contributed by atoms with van der Waals surface area (Å²) < 4.78 is 41.9. The Balaban J connectivity index is 1.85. The van der Waals surface area contributed by atoms with E-state index in [0.29, 0.717) is 24.8 Å². The van der Waals surface area contributed by atoms with Crippen molar-refractivity contribution < 1.29 is 22.4 Å². The van der Waals surface area contributed by atoms with E-state index < -0.39 is 27.8 Å². The molecule has 0 bridgehead atoms. The summed E-state index contributed by atoms with van der Waals surface area (Å²) in [5.41, 5.74) is 0.594. The predicted octanol–water partition coefficient (Wildman–Crippen LogP) is 3.88. The van der Waals surface area contributed by atoms with Gasteiger partial charge in [0, 0.05) is 36.3 Å². The molecule has 6 nitrogen and oxygen atoms in total. The quantitative estimate of drug-likeness (QED) is 0.605. The van der Waals surface area contributed by atoms with E-state index in [9.17, 15) is 22.4 Å². The molecule has 1 fully saturated rings. The van der Waals surface area contributed by atoms with E-state index >= 15 is 0 Å². The SMILES string of the molecule is CC(=O)c1ccc(S(=O)(=O)N2CCCCC2C(=O)N(C)Cc2c(F)cccc2Cl)cc1. The minimum Gasteiger partial charge on any atom is -0.340 e. The molecule has 0 spiro atoms. The molecule has 0 aliphatic carbocycles. The van der Waals surface area contributed by atoms with Crippen molar-refractivity contribution in [1.82, 2.24) is 9.21 Å². The number of halogens is 2. The van der Waals surface area contributed by atoms with Crippen LogP contribution >= 0.6 is 11.6 Å². The van der Waals surface area contributed by atoms with Gasteiger partial charge in [-0.15, -0.1) is 0 Å². The van der Waals surface area contributed by atoms with Gasteiger partial charge in [-0.3, -0.25) is 9.59 Å². The molecule has 1 unspecified atom stereocenters. The predicted molar refractivity (Wildman–Crippen MR) is 116 cm³/mol. The summed E-state index contributed by atoms with van der Waals surface area (Å²) in [6, 6.07) is 9.08. The molecule has 1 atom stereocenters. The Morgan fingerprint density at radius 1 is 1.16 bits per heavy atom. The number of hydrogen-bond acceptors (Lipinski definition) is 4. The van der Waals surface area contributed by atoms with Gasteiger partial charge in [-0.05, 0) is 44.0 Å². The van der Waals surface area contributed by atoms with E-state index in [2.05, 4.69) is 0 Å². The fourth-order valence-electron chi connectivity index (χ4n) is 3.69. The van der Waals surface area contributed by atoms with Gasteiger partial charge in [-0.2, -0.15) is 4.31 Å². The summed E-state index contributed by atoms with van der Waals surface area (Å²) in [6.07, 6.45) is 1.72. The fourth-order valence-corrected chi connectivity index (χ4v) is 5.56. The van der Waals surface area contributed by atoms with E-state index in [1.54, 1.807) is 6.07 Å². The summed E-state index contributed by atoms with van der Waals surface area (Å²) in [5.74, 6) is -1.10. The molecular formula is C22H24ClFN2O4S. The maximum Gasteiger partial charge on any atom is 0.243 e. The topological polar surface area (TPSA) is 74.8 Å². The number of carbonyl (C=O) groups excluding carboxylic acids is 2. The lowest BCUT2D eigenvalue weighted by molar-refractivity contribution is -0.135. The van der Waals surface area contributed by atoms with Crippen LogP contribution in [0.4, 0.5) is 4.39 Å². The van der Waals surface area contributed by atoms with Gasteiger partial charge < -0.3 is 4.90 Å². The number of amides is 1. The van der Waals surface area contributed by atoms with E-state index in [1.165, 1.54) is 59.6 Å². The Bertz CT molecular complexity index is 1070. The van der Waals surface area contributed by atoms with E-state index in [-0.39, 0.29) is 34.4 Å². The van der Waals surface area contributed by atoms with Gasteiger partial charge in [0.2, 0.25) is 15.9 Å². The van der Waals surface area contributed by atoms with Gasteiger partial charge >= 0.3 is 0 Å². The lowest BCUT2D eigenvalue weighted by Gasteiger charge is -2.36. The highest BCUT2D eigenvalue weighted by Gasteiger charge is 2.39. The van der Waals surface area contributed by atoms with Crippen LogP contribution in [0, 0.1) is 5.82 Å². The molecule has 3 rings (SSSR count). The number of benzene rings is 2. The number of nitrogens with zero attached hydrogens (tertiary/aromatic N) is 2. The number of rotatable bonds is 6. The number of carbonyl (C=O) groups is 2. The van der Waals surface area contributed by atoms with Crippen molar-refractivity contribution >= 4 is 33.3 Å². The molecular weight excluding hydrogens is 443 g/mol. The van der Waals surface area contributed by atoms with Crippen molar-refractivity contribution in [3.05, 3.63) is 64.4 Å². The van der Waals surface area contributed by atoms with Crippen LogP contribution in [-0.4, -0.2) is 48.9 Å². The van der Waals surface area contributed by atoms with E-state index in [4.69, 9.17) is 11.6 Å². The van der Waals surface area contributed by atoms with Crippen LogP contribution in [0.25, 0.3) is 0 Å². The van der Waals surface area contributed by atoms with Crippen LogP contribution in [-0.2, 0) is 21.4 Å². The van der Waals surface area contributed by atoms with Gasteiger partial charge in [-0.1, -0.05) is 36.2 Å². The summed E-state index contributed by atoms with van der Waals surface area (Å²) in [6.45, 7) is 1.55. The second-order valence-electron chi connectivity index (χ2n) is 7.60. The maximum absolute atomic E-state index is 14.1. The molecule has 1 amide bonds. The highest BCUT2D eigenvalue weighted by Crippen LogP contribution is 2.28. The van der Waals surface area contributed by atoms with Crippen LogP contribution in [0.2, 0.25) is 5.02 Å². The summed E-state index contributed by atoms with van der Waals surface area (Å²) >= 11 is 6.07. The molecule has 0 radical (unpaired) electrons.